The molecule has 2 aromatic carbocycles. The summed E-state index contributed by atoms with van der Waals surface area (Å²) in [5.74, 6) is -0.574. The van der Waals surface area contributed by atoms with Crippen molar-refractivity contribution in [2.24, 2.45) is 0 Å². The van der Waals surface area contributed by atoms with Gasteiger partial charge in [-0.3, -0.25) is 0 Å². The Morgan fingerprint density at radius 1 is 1.21 bits per heavy atom. The van der Waals surface area contributed by atoms with Gasteiger partial charge in [-0.05, 0) is 30.5 Å². The minimum atomic E-state index is -3.50. The van der Waals surface area contributed by atoms with E-state index in [0.29, 0.717) is 22.0 Å². The molecule has 29 heavy (non-hydrogen) atoms. The zero-order valence-electron chi connectivity index (χ0n) is 16.0. The van der Waals surface area contributed by atoms with Gasteiger partial charge >= 0.3 is 6.03 Å². The highest BCUT2D eigenvalue weighted by Gasteiger charge is 2.23. The number of anilines is 1. The van der Waals surface area contributed by atoms with E-state index in [1.165, 1.54) is 29.3 Å². The Bertz CT molecular complexity index is 1200. The van der Waals surface area contributed by atoms with E-state index in [1.54, 1.807) is 38.2 Å². The van der Waals surface area contributed by atoms with Gasteiger partial charge in [0, 0.05) is 36.1 Å². The van der Waals surface area contributed by atoms with E-state index in [2.05, 4.69) is 10.3 Å². The van der Waals surface area contributed by atoms with E-state index in [0.717, 1.165) is 6.26 Å². The molecule has 0 spiro atoms. The van der Waals surface area contributed by atoms with Crippen molar-refractivity contribution in [3.05, 3.63) is 65.1 Å². The molecule has 1 N–H and O–H groups in total. The number of rotatable bonds is 4. The molecule has 0 aliphatic heterocycles. The van der Waals surface area contributed by atoms with E-state index >= 15 is 0 Å². The van der Waals surface area contributed by atoms with Gasteiger partial charge in [-0.15, -0.1) is 0 Å². The predicted octanol–water partition coefficient (Wildman–Crippen LogP) is 4.66. The Labute approximate surface area is 173 Å². The molecule has 0 bridgehead atoms. The van der Waals surface area contributed by atoms with E-state index in [4.69, 9.17) is 11.6 Å². The maximum atomic E-state index is 13.3. The third-order valence-electron chi connectivity index (χ3n) is 4.66. The van der Waals surface area contributed by atoms with Gasteiger partial charge in [-0.1, -0.05) is 35.9 Å². The number of hydrogen-bond acceptors (Lipinski definition) is 4. The summed E-state index contributed by atoms with van der Waals surface area (Å²) in [4.78, 5) is 18.2. The standard InChI is InChI=1S/C20H19ClFN3O3S/c1-12(25(2)20(26)24-13-8-9-18(22)17(21)10-13)16-11-23-19(29(3,27)28)15-7-5-4-6-14(15)16/h4-12H,1-3H3,(H,24,26). The fourth-order valence-electron chi connectivity index (χ4n) is 2.99. The Morgan fingerprint density at radius 2 is 1.86 bits per heavy atom. The largest absolute Gasteiger partial charge is 0.322 e. The maximum absolute atomic E-state index is 13.3. The van der Waals surface area contributed by atoms with Crippen LogP contribution in [0.5, 0.6) is 0 Å². The molecular weight excluding hydrogens is 417 g/mol. The number of hydrogen-bond donors (Lipinski definition) is 1. The van der Waals surface area contributed by atoms with Crippen molar-refractivity contribution in [2.45, 2.75) is 18.0 Å². The van der Waals surface area contributed by atoms with E-state index in [1.807, 2.05) is 0 Å². The molecule has 0 saturated carbocycles. The maximum Gasteiger partial charge on any atom is 0.322 e. The third-order valence-corrected chi connectivity index (χ3v) is 5.98. The number of carbonyl (C=O) groups is 1. The highest BCUT2D eigenvalue weighted by molar-refractivity contribution is 7.90. The first-order valence-corrected chi connectivity index (χ1v) is 10.9. The summed E-state index contributed by atoms with van der Waals surface area (Å²) < 4.78 is 37.4. The van der Waals surface area contributed by atoms with Gasteiger partial charge in [0.1, 0.15) is 5.82 Å². The van der Waals surface area contributed by atoms with Crippen LogP contribution in [0.1, 0.15) is 18.5 Å². The monoisotopic (exact) mass is 435 g/mol. The summed E-state index contributed by atoms with van der Waals surface area (Å²) in [5.41, 5.74) is 1.05. The second-order valence-electron chi connectivity index (χ2n) is 6.68. The van der Waals surface area contributed by atoms with Crippen LogP contribution in [0, 0.1) is 5.82 Å². The lowest BCUT2D eigenvalue weighted by Gasteiger charge is -2.26. The number of amides is 2. The third kappa shape index (κ3) is 4.33. The van der Waals surface area contributed by atoms with Crippen molar-refractivity contribution >= 4 is 43.9 Å². The Hall–Kier alpha value is -2.71. The van der Waals surface area contributed by atoms with Crippen LogP contribution >= 0.6 is 11.6 Å². The normalized spacial score (nSPS) is 12.6. The number of benzene rings is 2. The number of pyridine rings is 1. The molecule has 1 heterocycles. The van der Waals surface area contributed by atoms with Crippen LogP contribution in [-0.2, 0) is 9.84 Å². The fraction of sp³-hybridized carbons (Fsp3) is 0.200. The summed E-state index contributed by atoms with van der Waals surface area (Å²) in [7, 11) is -1.90. The molecule has 0 fully saturated rings. The van der Waals surface area contributed by atoms with Gasteiger partial charge in [0.05, 0.1) is 11.1 Å². The van der Waals surface area contributed by atoms with E-state index in [-0.39, 0.29) is 10.0 Å². The lowest BCUT2D eigenvalue weighted by atomic mass is 10.0. The molecule has 152 valence electrons. The van der Waals surface area contributed by atoms with E-state index in [9.17, 15) is 17.6 Å². The average molecular weight is 436 g/mol. The molecule has 1 unspecified atom stereocenters. The van der Waals surface area contributed by atoms with Gasteiger partial charge in [0.15, 0.2) is 14.9 Å². The van der Waals surface area contributed by atoms with Gasteiger partial charge < -0.3 is 10.2 Å². The number of carbonyl (C=O) groups excluding carboxylic acids is 1. The van der Waals surface area contributed by atoms with Crippen molar-refractivity contribution in [3.63, 3.8) is 0 Å². The topological polar surface area (TPSA) is 79.4 Å². The zero-order valence-corrected chi connectivity index (χ0v) is 17.6. The van der Waals surface area contributed by atoms with Gasteiger partial charge in [-0.25, -0.2) is 22.6 Å². The second-order valence-corrected chi connectivity index (χ2v) is 9.02. The first-order chi connectivity index (χ1) is 13.6. The van der Waals surface area contributed by atoms with Gasteiger partial charge in [0.2, 0.25) is 0 Å². The first kappa shape index (κ1) is 21.0. The molecule has 9 heteroatoms. The Kier molecular flexibility index (Phi) is 5.77. The second kappa shape index (κ2) is 7.96. The van der Waals surface area contributed by atoms with Crippen molar-refractivity contribution < 1.29 is 17.6 Å². The minimum absolute atomic E-state index is 0.00268. The molecule has 0 radical (unpaired) electrons. The van der Waals surface area contributed by atoms with Gasteiger partial charge in [-0.2, -0.15) is 0 Å². The molecule has 0 aliphatic carbocycles. The predicted molar refractivity (Wildman–Crippen MR) is 111 cm³/mol. The zero-order chi connectivity index (χ0) is 21.3. The fourth-order valence-corrected chi connectivity index (χ4v) is 3.99. The molecule has 3 aromatic rings. The van der Waals surface area contributed by atoms with Crippen LogP contribution in [0.3, 0.4) is 0 Å². The molecule has 3 rings (SSSR count). The van der Waals surface area contributed by atoms with Crippen LogP contribution < -0.4 is 5.32 Å². The number of halogens is 2. The van der Waals surface area contributed by atoms with Crippen LogP contribution in [0.25, 0.3) is 10.8 Å². The smallest absolute Gasteiger partial charge is 0.321 e. The molecule has 1 atom stereocenters. The molecule has 0 aliphatic rings. The molecule has 0 saturated heterocycles. The van der Waals surface area contributed by atoms with Crippen LogP contribution in [0.15, 0.2) is 53.7 Å². The average Bonchev–Trinajstić information content (AvgIpc) is 2.68. The SMILES string of the molecule is CC(c1cnc(S(C)(=O)=O)c2ccccc12)N(C)C(=O)Nc1ccc(F)c(Cl)c1. The van der Waals surface area contributed by atoms with Crippen LogP contribution in [-0.4, -0.2) is 37.6 Å². The van der Waals surface area contributed by atoms with Crippen molar-refractivity contribution in [1.29, 1.82) is 0 Å². The summed E-state index contributed by atoms with van der Waals surface area (Å²) in [6, 6.07) is 10.1. The number of nitrogens with one attached hydrogen (secondary N) is 1. The lowest BCUT2D eigenvalue weighted by molar-refractivity contribution is 0.208. The van der Waals surface area contributed by atoms with Crippen molar-refractivity contribution in [3.8, 4) is 0 Å². The Morgan fingerprint density at radius 3 is 2.48 bits per heavy atom. The van der Waals surface area contributed by atoms with Gasteiger partial charge in [0.25, 0.3) is 0 Å². The highest BCUT2D eigenvalue weighted by Crippen LogP contribution is 2.30. The summed E-state index contributed by atoms with van der Waals surface area (Å²) in [6.45, 7) is 1.81. The quantitative estimate of drug-likeness (QED) is 0.646. The summed E-state index contributed by atoms with van der Waals surface area (Å²) in [6.07, 6.45) is 2.58. The first-order valence-electron chi connectivity index (χ1n) is 8.66. The van der Waals surface area contributed by atoms with E-state index < -0.39 is 27.7 Å². The Balaban J connectivity index is 1.93. The minimum Gasteiger partial charge on any atom is -0.321 e. The molecule has 1 aromatic heterocycles. The molecule has 2 amide bonds. The molecular formula is C20H19ClFN3O3S. The highest BCUT2D eigenvalue weighted by atomic mass is 35.5. The molecule has 6 nitrogen and oxygen atoms in total. The lowest BCUT2D eigenvalue weighted by Crippen LogP contribution is -2.33. The summed E-state index contributed by atoms with van der Waals surface area (Å²) >= 11 is 5.75. The van der Waals surface area contributed by atoms with Crippen molar-refractivity contribution in [1.82, 2.24) is 9.88 Å². The number of fused-ring (bicyclic) bond motifs is 1. The number of aromatic nitrogens is 1. The number of urea groups is 1. The number of nitrogens with zero attached hydrogens (tertiary/aromatic N) is 2. The number of sulfone groups is 1. The summed E-state index contributed by atoms with van der Waals surface area (Å²) in [5, 5.41) is 3.76. The van der Waals surface area contributed by atoms with Crippen LogP contribution in [0.4, 0.5) is 14.9 Å². The van der Waals surface area contributed by atoms with Crippen molar-refractivity contribution in [2.75, 3.05) is 18.6 Å². The van der Waals surface area contributed by atoms with Crippen LogP contribution in [0.2, 0.25) is 5.02 Å².